The van der Waals surface area contributed by atoms with Crippen molar-refractivity contribution in [3.05, 3.63) is 17.5 Å². The summed E-state index contributed by atoms with van der Waals surface area (Å²) in [4.78, 5) is 12.0. The summed E-state index contributed by atoms with van der Waals surface area (Å²) < 4.78 is 1.84. The lowest BCUT2D eigenvalue weighted by atomic mass is 9.86. The minimum Gasteiger partial charge on any atom is -0.350 e. The zero-order valence-electron chi connectivity index (χ0n) is 11.9. The Hall–Kier alpha value is -1.32. The van der Waals surface area contributed by atoms with Gasteiger partial charge in [-0.1, -0.05) is 6.42 Å². The van der Waals surface area contributed by atoms with Crippen molar-refractivity contribution in [2.24, 2.45) is 24.8 Å². The van der Waals surface area contributed by atoms with Crippen molar-refractivity contribution in [2.75, 3.05) is 0 Å². The normalized spacial score (nSPS) is 28.8. The van der Waals surface area contributed by atoms with Crippen LogP contribution in [0.1, 0.15) is 43.5 Å². The van der Waals surface area contributed by atoms with Crippen LogP contribution in [0.2, 0.25) is 0 Å². The van der Waals surface area contributed by atoms with Gasteiger partial charge in [-0.05, 0) is 50.0 Å². The van der Waals surface area contributed by atoms with Crippen LogP contribution in [-0.2, 0) is 18.4 Å². The summed E-state index contributed by atoms with van der Waals surface area (Å²) in [6.45, 7) is 2.57. The summed E-state index contributed by atoms with van der Waals surface area (Å²) in [6.07, 6.45) is 6.13. The first-order valence-corrected chi connectivity index (χ1v) is 7.38. The van der Waals surface area contributed by atoms with E-state index in [2.05, 4.69) is 10.4 Å². The molecule has 1 heterocycles. The van der Waals surface area contributed by atoms with E-state index in [4.69, 9.17) is 0 Å². The van der Waals surface area contributed by atoms with Gasteiger partial charge in [0.1, 0.15) is 0 Å². The third-order valence-electron chi connectivity index (χ3n) is 4.90. The first kappa shape index (κ1) is 12.7. The van der Waals surface area contributed by atoms with Gasteiger partial charge < -0.3 is 5.32 Å². The maximum Gasteiger partial charge on any atom is 0.220 e. The van der Waals surface area contributed by atoms with Gasteiger partial charge >= 0.3 is 0 Å². The molecule has 4 nitrogen and oxygen atoms in total. The highest BCUT2D eigenvalue weighted by molar-refractivity contribution is 5.76. The molecule has 3 unspecified atom stereocenters. The second-order valence-electron chi connectivity index (χ2n) is 6.32. The van der Waals surface area contributed by atoms with Crippen LogP contribution in [0, 0.1) is 24.7 Å². The average Bonchev–Trinajstić information content (AvgIpc) is 3.02. The molecule has 1 amide bonds. The number of hydrogen-bond acceptors (Lipinski definition) is 2. The summed E-state index contributed by atoms with van der Waals surface area (Å²) in [5.74, 6) is 2.60. The SMILES string of the molecule is Cc1cc(CNC(=O)CC2CC3CCC2C3)n(C)n1. The molecule has 2 saturated carbocycles. The van der Waals surface area contributed by atoms with E-state index in [1.165, 1.54) is 25.7 Å². The third-order valence-corrected chi connectivity index (χ3v) is 4.90. The summed E-state index contributed by atoms with van der Waals surface area (Å²) in [5, 5.41) is 7.33. The van der Waals surface area contributed by atoms with Gasteiger partial charge in [-0.3, -0.25) is 9.48 Å². The van der Waals surface area contributed by atoms with Crippen molar-refractivity contribution in [3.63, 3.8) is 0 Å². The fourth-order valence-electron chi connectivity index (χ4n) is 3.96. The lowest BCUT2D eigenvalue weighted by Gasteiger charge is -2.20. The van der Waals surface area contributed by atoms with Crippen LogP contribution in [0.4, 0.5) is 0 Å². The maximum atomic E-state index is 12.0. The van der Waals surface area contributed by atoms with Crippen LogP contribution in [0.15, 0.2) is 6.07 Å². The van der Waals surface area contributed by atoms with Gasteiger partial charge in [-0.2, -0.15) is 5.10 Å². The van der Waals surface area contributed by atoms with E-state index in [-0.39, 0.29) is 5.91 Å². The number of rotatable bonds is 4. The number of aryl methyl sites for hydroxylation is 2. The molecule has 2 aliphatic rings. The molecule has 2 fully saturated rings. The number of carbonyl (C=O) groups excluding carboxylic acids is 1. The Kier molecular flexibility index (Phi) is 3.33. The van der Waals surface area contributed by atoms with Crippen molar-refractivity contribution < 1.29 is 4.79 Å². The molecular formula is C15H23N3O. The fourth-order valence-corrected chi connectivity index (χ4v) is 3.96. The predicted molar refractivity (Wildman–Crippen MR) is 73.3 cm³/mol. The minimum atomic E-state index is 0.205. The highest BCUT2D eigenvalue weighted by Crippen LogP contribution is 2.49. The molecule has 3 atom stereocenters. The van der Waals surface area contributed by atoms with Crippen LogP contribution in [0.5, 0.6) is 0 Å². The Labute approximate surface area is 114 Å². The van der Waals surface area contributed by atoms with Gasteiger partial charge in [0.25, 0.3) is 0 Å². The molecule has 2 bridgehead atoms. The van der Waals surface area contributed by atoms with Crippen LogP contribution in [-0.4, -0.2) is 15.7 Å². The molecule has 3 rings (SSSR count). The summed E-state index contributed by atoms with van der Waals surface area (Å²) in [6, 6.07) is 2.03. The van der Waals surface area contributed by atoms with Crippen molar-refractivity contribution in [1.82, 2.24) is 15.1 Å². The molecule has 1 N–H and O–H groups in total. The Morgan fingerprint density at radius 1 is 1.47 bits per heavy atom. The van der Waals surface area contributed by atoms with Gasteiger partial charge in [0.05, 0.1) is 17.9 Å². The number of hydrogen-bond donors (Lipinski definition) is 1. The van der Waals surface area contributed by atoms with Crippen LogP contribution >= 0.6 is 0 Å². The monoisotopic (exact) mass is 261 g/mol. The van der Waals surface area contributed by atoms with E-state index in [1.807, 2.05) is 24.7 Å². The number of fused-ring (bicyclic) bond motifs is 2. The predicted octanol–water partition coefficient (Wildman–Crippen LogP) is 2.17. The zero-order chi connectivity index (χ0) is 13.4. The summed E-state index contributed by atoms with van der Waals surface area (Å²) >= 11 is 0. The molecule has 104 valence electrons. The lowest BCUT2D eigenvalue weighted by molar-refractivity contribution is -0.122. The van der Waals surface area contributed by atoms with Crippen LogP contribution < -0.4 is 5.32 Å². The number of nitrogens with zero attached hydrogens (tertiary/aromatic N) is 2. The number of nitrogens with one attached hydrogen (secondary N) is 1. The number of amides is 1. The molecule has 0 aromatic carbocycles. The second-order valence-corrected chi connectivity index (χ2v) is 6.32. The van der Waals surface area contributed by atoms with Crippen molar-refractivity contribution >= 4 is 5.91 Å². The molecule has 0 radical (unpaired) electrons. The Morgan fingerprint density at radius 2 is 2.32 bits per heavy atom. The van der Waals surface area contributed by atoms with Gasteiger partial charge in [-0.15, -0.1) is 0 Å². The quantitative estimate of drug-likeness (QED) is 0.903. The van der Waals surface area contributed by atoms with Gasteiger partial charge in [0.15, 0.2) is 0 Å². The number of carbonyl (C=O) groups is 1. The van der Waals surface area contributed by atoms with E-state index in [9.17, 15) is 4.79 Å². The van der Waals surface area contributed by atoms with E-state index in [0.717, 1.165) is 29.6 Å². The third kappa shape index (κ3) is 2.67. The van der Waals surface area contributed by atoms with E-state index in [1.54, 1.807) is 0 Å². The van der Waals surface area contributed by atoms with Gasteiger partial charge in [-0.25, -0.2) is 0 Å². The van der Waals surface area contributed by atoms with E-state index < -0.39 is 0 Å². The number of aromatic nitrogens is 2. The lowest BCUT2D eigenvalue weighted by Crippen LogP contribution is -2.27. The standard InChI is InChI=1S/C15H23N3O/c1-10-5-14(18(2)17-10)9-16-15(19)8-13-7-11-3-4-12(13)6-11/h5,11-13H,3-4,6-9H2,1-2H3,(H,16,19). The average molecular weight is 261 g/mol. The molecule has 0 spiro atoms. The zero-order valence-corrected chi connectivity index (χ0v) is 11.9. The first-order valence-electron chi connectivity index (χ1n) is 7.38. The van der Waals surface area contributed by atoms with Crippen LogP contribution in [0.3, 0.4) is 0 Å². The smallest absolute Gasteiger partial charge is 0.220 e. The molecule has 19 heavy (non-hydrogen) atoms. The molecule has 0 aliphatic heterocycles. The Balaban J connectivity index is 1.48. The van der Waals surface area contributed by atoms with Crippen molar-refractivity contribution in [3.8, 4) is 0 Å². The van der Waals surface area contributed by atoms with Gasteiger partial charge in [0, 0.05) is 13.5 Å². The topological polar surface area (TPSA) is 46.9 Å². The first-order chi connectivity index (χ1) is 9.11. The largest absolute Gasteiger partial charge is 0.350 e. The molecule has 1 aromatic heterocycles. The molecule has 1 aromatic rings. The van der Waals surface area contributed by atoms with Gasteiger partial charge in [0.2, 0.25) is 5.91 Å². The Bertz CT molecular complexity index is 480. The minimum absolute atomic E-state index is 0.205. The molecular weight excluding hydrogens is 238 g/mol. The molecule has 2 aliphatic carbocycles. The second kappa shape index (κ2) is 4.99. The van der Waals surface area contributed by atoms with Crippen molar-refractivity contribution in [2.45, 2.75) is 45.6 Å². The maximum absolute atomic E-state index is 12.0. The van der Waals surface area contributed by atoms with Crippen molar-refractivity contribution in [1.29, 1.82) is 0 Å². The summed E-state index contributed by atoms with van der Waals surface area (Å²) in [5.41, 5.74) is 2.07. The highest BCUT2D eigenvalue weighted by Gasteiger charge is 2.39. The molecule has 0 saturated heterocycles. The molecule has 4 heteroatoms. The van der Waals surface area contributed by atoms with Crippen LogP contribution in [0.25, 0.3) is 0 Å². The fraction of sp³-hybridized carbons (Fsp3) is 0.733. The summed E-state index contributed by atoms with van der Waals surface area (Å²) in [7, 11) is 1.92. The Morgan fingerprint density at radius 3 is 2.89 bits per heavy atom. The van der Waals surface area contributed by atoms with E-state index >= 15 is 0 Å². The highest BCUT2D eigenvalue weighted by atomic mass is 16.1. The van der Waals surface area contributed by atoms with E-state index in [0.29, 0.717) is 12.5 Å².